The quantitative estimate of drug-likeness (QED) is 0.754. The van der Waals surface area contributed by atoms with E-state index in [2.05, 4.69) is 10.1 Å². The van der Waals surface area contributed by atoms with Crippen molar-refractivity contribution in [3.05, 3.63) is 41.5 Å². The number of hydrogen-bond donors (Lipinski definition) is 2. The van der Waals surface area contributed by atoms with Gasteiger partial charge in [0.15, 0.2) is 0 Å². The van der Waals surface area contributed by atoms with E-state index in [9.17, 15) is 14.3 Å². The number of halogens is 1. The molecule has 0 atom stereocenters. The van der Waals surface area contributed by atoms with Crippen LogP contribution >= 0.6 is 0 Å². The van der Waals surface area contributed by atoms with Gasteiger partial charge in [0.05, 0.1) is 11.9 Å². The highest BCUT2D eigenvalue weighted by Gasteiger charge is 2.23. The van der Waals surface area contributed by atoms with Gasteiger partial charge in [-0.15, -0.1) is 0 Å². The third kappa shape index (κ3) is 1.61. The highest BCUT2D eigenvalue weighted by atomic mass is 19.1. The molecule has 2 N–H and O–H groups in total. The summed E-state index contributed by atoms with van der Waals surface area (Å²) in [7, 11) is 1.64. The summed E-state index contributed by atoms with van der Waals surface area (Å²) in [5, 5.41) is 13.6. The molecule has 2 aromatic heterocycles. The fourth-order valence-corrected chi connectivity index (χ4v) is 2.52. The van der Waals surface area contributed by atoms with Crippen molar-refractivity contribution in [3.8, 4) is 11.3 Å². The Morgan fingerprint density at radius 2 is 2.20 bits per heavy atom. The van der Waals surface area contributed by atoms with Crippen LogP contribution in [0.15, 0.2) is 24.4 Å². The molecule has 0 unspecified atom stereocenters. The first-order valence-corrected chi connectivity index (χ1v) is 6.03. The molecule has 2 heterocycles. The van der Waals surface area contributed by atoms with Crippen LogP contribution in [0.25, 0.3) is 22.2 Å². The van der Waals surface area contributed by atoms with Gasteiger partial charge in [-0.1, -0.05) is 6.07 Å². The molecule has 0 amide bonds. The van der Waals surface area contributed by atoms with Gasteiger partial charge in [0.2, 0.25) is 0 Å². The van der Waals surface area contributed by atoms with Crippen molar-refractivity contribution in [2.75, 3.05) is 0 Å². The van der Waals surface area contributed by atoms with E-state index < -0.39 is 5.97 Å². The molecule has 3 rings (SSSR count). The first kappa shape index (κ1) is 12.4. The van der Waals surface area contributed by atoms with E-state index in [0.29, 0.717) is 27.9 Å². The Morgan fingerprint density at radius 1 is 1.45 bits per heavy atom. The lowest BCUT2D eigenvalue weighted by Gasteiger charge is -2.05. The molecule has 6 heteroatoms. The number of aromatic amines is 1. The zero-order chi connectivity index (χ0) is 14.4. The van der Waals surface area contributed by atoms with Crippen LogP contribution in [0.5, 0.6) is 0 Å². The Labute approximate surface area is 113 Å². The number of carboxylic acid groups (broad SMARTS) is 1. The number of fused-ring (bicyclic) bond motifs is 1. The maximum absolute atomic E-state index is 14.1. The maximum atomic E-state index is 14.1. The summed E-state index contributed by atoms with van der Waals surface area (Å²) >= 11 is 0. The molecule has 0 saturated carbocycles. The van der Waals surface area contributed by atoms with E-state index in [1.165, 1.54) is 16.9 Å². The first-order valence-electron chi connectivity index (χ1n) is 6.03. The summed E-state index contributed by atoms with van der Waals surface area (Å²) in [5.41, 5.74) is 2.33. The zero-order valence-electron chi connectivity index (χ0n) is 10.9. The monoisotopic (exact) mass is 273 g/mol. The second kappa shape index (κ2) is 4.19. The van der Waals surface area contributed by atoms with Crippen molar-refractivity contribution in [3.63, 3.8) is 0 Å². The number of aromatic carboxylic acids is 1. The molecule has 102 valence electrons. The number of nitrogens with one attached hydrogen (secondary N) is 1. The van der Waals surface area contributed by atoms with Crippen molar-refractivity contribution >= 4 is 16.9 Å². The highest BCUT2D eigenvalue weighted by Crippen LogP contribution is 2.35. The number of carbonyl (C=O) groups is 1. The number of rotatable bonds is 2. The van der Waals surface area contributed by atoms with Crippen molar-refractivity contribution in [2.24, 2.45) is 7.05 Å². The minimum Gasteiger partial charge on any atom is -0.478 e. The van der Waals surface area contributed by atoms with Crippen molar-refractivity contribution in [1.29, 1.82) is 0 Å². The largest absolute Gasteiger partial charge is 0.478 e. The van der Waals surface area contributed by atoms with Crippen LogP contribution in [0.2, 0.25) is 0 Å². The van der Waals surface area contributed by atoms with Gasteiger partial charge in [-0.05, 0) is 19.1 Å². The van der Waals surface area contributed by atoms with Crippen LogP contribution in [0.1, 0.15) is 16.1 Å². The average Bonchev–Trinajstić information content (AvgIpc) is 2.90. The number of aromatic nitrogens is 3. The molecule has 3 aromatic rings. The Hall–Kier alpha value is -2.63. The molecule has 5 nitrogen and oxygen atoms in total. The van der Waals surface area contributed by atoms with Crippen LogP contribution in [0, 0.1) is 12.7 Å². The number of H-pyrrole nitrogens is 1. The Kier molecular flexibility index (Phi) is 2.60. The molecular formula is C14H12FN3O2. The minimum absolute atomic E-state index is 0.0553. The fourth-order valence-electron chi connectivity index (χ4n) is 2.52. The molecule has 0 radical (unpaired) electrons. The molecule has 0 aliphatic heterocycles. The van der Waals surface area contributed by atoms with Gasteiger partial charge in [0.25, 0.3) is 0 Å². The predicted molar refractivity (Wildman–Crippen MR) is 72.2 cm³/mol. The third-order valence-corrected chi connectivity index (χ3v) is 3.37. The smallest absolute Gasteiger partial charge is 0.339 e. The summed E-state index contributed by atoms with van der Waals surface area (Å²) < 4.78 is 15.6. The van der Waals surface area contributed by atoms with Crippen LogP contribution in [0.3, 0.4) is 0 Å². The third-order valence-electron chi connectivity index (χ3n) is 3.37. The number of benzene rings is 1. The lowest BCUT2D eigenvalue weighted by atomic mass is 10.0. The standard InChI is InChI=1S/C14H12FN3O2/c1-7-11(12-9(15)4-3-5-10(12)17-7)13-8(14(19)20)6-16-18(13)2/h3-6,17H,1-2H3,(H,19,20). The topological polar surface area (TPSA) is 70.9 Å². The van der Waals surface area contributed by atoms with Crippen LogP contribution < -0.4 is 0 Å². The summed E-state index contributed by atoms with van der Waals surface area (Å²) in [5.74, 6) is -1.47. The van der Waals surface area contributed by atoms with Crippen molar-refractivity contribution in [2.45, 2.75) is 6.92 Å². The Balaban J connectivity index is 2.44. The summed E-state index contributed by atoms with van der Waals surface area (Å²) in [6.07, 6.45) is 1.27. The number of carboxylic acids is 1. The van der Waals surface area contributed by atoms with Gasteiger partial charge in [0.1, 0.15) is 11.4 Å². The van der Waals surface area contributed by atoms with Crippen molar-refractivity contribution in [1.82, 2.24) is 14.8 Å². The van der Waals surface area contributed by atoms with E-state index >= 15 is 0 Å². The molecule has 0 fully saturated rings. The molecule has 0 bridgehead atoms. The molecule has 20 heavy (non-hydrogen) atoms. The fraction of sp³-hybridized carbons (Fsp3) is 0.143. The van der Waals surface area contributed by atoms with E-state index in [0.717, 1.165) is 0 Å². The minimum atomic E-state index is -1.09. The van der Waals surface area contributed by atoms with E-state index in [1.54, 1.807) is 26.1 Å². The molecule has 1 aromatic carbocycles. The zero-order valence-corrected chi connectivity index (χ0v) is 10.9. The normalized spacial score (nSPS) is 11.2. The highest BCUT2D eigenvalue weighted by molar-refractivity contribution is 6.03. The lowest BCUT2D eigenvalue weighted by Crippen LogP contribution is -2.01. The van der Waals surface area contributed by atoms with E-state index in [4.69, 9.17) is 0 Å². The van der Waals surface area contributed by atoms with Gasteiger partial charge in [-0.3, -0.25) is 4.68 Å². The number of nitrogens with zero attached hydrogens (tertiary/aromatic N) is 2. The molecule has 0 spiro atoms. The van der Waals surface area contributed by atoms with Crippen LogP contribution in [-0.2, 0) is 7.05 Å². The van der Waals surface area contributed by atoms with Gasteiger partial charge in [-0.2, -0.15) is 5.10 Å². The number of aryl methyl sites for hydroxylation is 2. The second-order valence-electron chi connectivity index (χ2n) is 4.62. The predicted octanol–water partition coefficient (Wildman–Crippen LogP) is 2.71. The van der Waals surface area contributed by atoms with Crippen LogP contribution in [0.4, 0.5) is 4.39 Å². The molecule has 0 saturated heterocycles. The first-order chi connectivity index (χ1) is 9.50. The van der Waals surface area contributed by atoms with E-state index in [1.807, 2.05) is 0 Å². The lowest BCUT2D eigenvalue weighted by molar-refractivity contribution is 0.0697. The average molecular weight is 273 g/mol. The van der Waals surface area contributed by atoms with Crippen LogP contribution in [-0.4, -0.2) is 25.8 Å². The maximum Gasteiger partial charge on any atom is 0.339 e. The summed E-state index contributed by atoms with van der Waals surface area (Å²) in [4.78, 5) is 14.4. The summed E-state index contributed by atoms with van der Waals surface area (Å²) in [6, 6.07) is 4.72. The molecule has 0 aliphatic rings. The number of hydrogen-bond acceptors (Lipinski definition) is 2. The molecule has 0 aliphatic carbocycles. The van der Waals surface area contributed by atoms with Gasteiger partial charge in [0, 0.05) is 29.2 Å². The van der Waals surface area contributed by atoms with Gasteiger partial charge < -0.3 is 10.1 Å². The second-order valence-corrected chi connectivity index (χ2v) is 4.62. The SMILES string of the molecule is Cc1[nH]c2cccc(F)c2c1-c1c(C(=O)O)cnn1C. The van der Waals surface area contributed by atoms with Gasteiger partial charge in [-0.25, -0.2) is 9.18 Å². The summed E-state index contributed by atoms with van der Waals surface area (Å²) in [6.45, 7) is 1.79. The Bertz CT molecular complexity index is 832. The van der Waals surface area contributed by atoms with Gasteiger partial charge >= 0.3 is 5.97 Å². The Morgan fingerprint density at radius 3 is 2.90 bits per heavy atom. The van der Waals surface area contributed by atoms with Crippen molar-refractivity contribution < 1.29 is 14.3 Å². The van der Waals surface area contributed by atoms with E-state index in [-0.39, 0.29) is 11.4 Å². The molecular weight excluding hydrogens is 261 g/mol.